The van der Waals surface area contributed by atoms with E-state index in [2.05, 4.69) is 10.3 Å². The van der Waals surface area contributed by atoms with Crippen molar-refractivity contribution in [1.29, 1.82) is 0 Å². The van der Waals surface area contributed by atoms with Gasteiger partial charge in [0.25, 0.3) is 0 Å². The molecule has 0 saturated heterocycles. The molecule has 4 N–H and O–H groups in total. The van der Waals surface area contributed by atoms with Crippen LogP contribution in [0, 0.1) is 5.92 Å². The average molecular weight is 185 g/mol. The van der Waals surface area contributed by atoms with Gasteiger partial charge in [0.15, 0.2) is 5.96 Å². The summed E-state index contributed by atoms with van der Waals surface area (Å²) >= 11 is 0. The van der Waals surface area contributed by atoms with Gasteiger partial charge >= 0.3 is 0 Å². The van der Waals surface area contributed by atoms with Crippen LogP contribution in [-0.4, -0.2) is 29.8 Å². The highest BCUT2D eigenvalue weighted by Crippen LogP contribution is 2.32. The summed E-state index contributed by atoms with van der Waals surface area (Å²) in [5, 5.41) is 12.5. The lowest BCUT2D eigenvalue weighted by molar-refractivity contribution is 0.160. The third-order valence-electron chi connectivity index (χ3n) is 2.05. The molecule has 0 aromatic rings. The van der Waals surface area contributed by atoms with Crippen molar-refractivity contribution in [2.75, 3.05) is 6.54 Å². The Hall–Kier alpha value is -0.770. The van der Waals surface area contributed by atoms with E-state index in [1.165, 1.54) is 0 Å². The van der Waals surface area contributed by atoms with Crippen molar-refractivity contribution in [3.63, 3.8) is 0 Å². The van der Waals surface area contributed by atoms with E-state index in [-0.39, 0.29) is 6.10 Å². The Kier molecular flexibility index (Phi) is 3.54. The minimum atomic E-state index is -0.299. The molecule has 0 spiro atoms. The topological polar surface area (TPSA) is 70.6 Å². The van der Waals surface area contributed by atoms with E-state index in [0.717, 1.165) is 12.8 Å². The molecular formula is C9H19N3O. The fourth-order valence-corrected chi connectivity index (χ4v) is 1.16. The highest BCUT2D eigenvalue weighted by molar-refractivity contribution is 5.78. The zero-order chi connectivity index (χ0) is 9.84. The Morgan fingerprint density at radius 1 is 1.62 bits per heavy atom. The first-order valence-corrected chi connectivity index (χ1v) is 4.84. The first-order chi connectivity index (χ1) is 6.09. The van der Waals surface area contributed by atoms with Gasteiger partial charge in [0, 0.05) is 6.04 Å². The van der Waals surface area contributed by atoms with Gasteiger partial charge in [0.2, 0.25) is 0 Å². The molecule has 76 valence electrons. The zero-order valence-electron chi connectivity index (χ0n) is 8.33. The van der Waals surface area contributed by atoms with Crippen LogP contribution in [0.3, 0.4) is 0 Å². The monoisotopic (exact) mass is 185 g/mol. The van der Waals surface area contributed by atoms with Crippen LogP contribution in [-0.2, 0) is 0 Å². The second-order valence-electron chi connectivity index (χ2n) is 3.93. The van der Waals surface area contributed by atoms with E-state index >= 15 is 0 Å². The van der Waals surface area contributed by atoms with Crippen molar-refractivity contribution in [2.24, 2.45) is 16.6 Å². The van der Waals surface area contributed by atoms with E-state index in [1.807, 2.05) is 13.8 Å². The summed E-state index contributed by atoms with van der Waals surface area (Å²) in [6.45, 7) is 4.43. The Morgan fingerprint density at radius 3 is 2.69 bits per heavy atom. The molecule has 4 heteroatoms. The smallest absolute Gasteiger partial charge is 0.188 e. The fraction of sp³-hybridized carbons (Fsp3) is 0.889. The standard InChI is InChI=1S/C9H19N3O/c1-6(2)12-9(10)11-5-8(13)7-3-4-7/h6-8,13H,3-5H2,1-2H3,(H3,10,11,12). The maximum atomic E-state index is 9.48. The maximum Gasteiger partial charge on any atom is 0.188 e. The van der Waals surface area contributed by atoms with Gasteiger partial charge in [0.1, 0.15) is 0 Å². The van der Waals surface area contributed by atoms with Gasteiger partial charge in [-0.25, -0.2) is 0 Å². The Labute approximate surface area is 79.2 Å². The van der Waals surface area contributed by atoms with Crippen molar-refractivity contribution in [3.8, 4) is 0 Å². The number of guanidine groups is 1. The number of nitrogens with one attached hydrogen (secondary N) is 1. The van der Waals surface area contributed by atoms with E-state index < -0.39 is 0 Å². The van der Waals surface area contributed by atoms with E-state index in [9.17, 15) is 5.11 Å². The number of aliphatic hydroxyl groups excluding tert-OH is 1. The van der Waals surface area contributed by atoms with Crippen LogP contribution in [0.2, 0.25) is 0 Å². The molecule has 1 saturated carbocycles. The Morgan fingerprint density at radius 2 is 2.23 bits per heavy atom. The van der Waals surface area contributed by atoms with Gasteiger partial charge in [-0.15, -0.1) is 0 Å². The van der Waals surface area contributed by atoms with Gasteiger partial charge in [0.05, 0.1) is 12.6 Å². The van der Waals surface area contributed by atoms with Gasteiger partial charge in [-0.05, 0) is 32.6 Å². The molecule has 0 aromatic heterocycles. The Balaban J connectivity index is 2.20. The van der Waals surface area contributed by atoms with Crippen LogP contribution in [0.5, 0.6) is 0 Å². The molecule has 13 heavy (non-hydrogen) atoms. The molecule has 1 aliphatic carbocycles. The summed E-state index contributed by atoms with van der Waals surface area (Å²) in [6.07, 6.45) is 1.97. The van der Waals surface area contributed by atoms with Crippen LogP contribution in [0.15, 0.2) is 4.99 Å². The number of hydrogen-bond donors (Lipinski definition) is 3. The molecule has 0 aliphatic heterocycles. The highest BCUT2D eigenvalue weighted by atomic mass is 16.3. The Bertz CT molecular complexity index is 187. The molecule has 4 nitrogen and oxygen atoms in total. The summed E-state index contributed by atoms with van der Waals surface area (Å²) in [4.78, 5) is 4.06. The zero-order valence-corrected chi connectivity index (χ0v) is 8.33. The summed E-state index contributed by atoms with van der Waals surface area (Å²) < 4.78 is 0. The maximum absolute atomic E-state index is 9.48. The second kappa shape index (κ2) is 4.46. The minimum absolute atomic E-state index is 0.293. The SMILES string of the molecule is CC(C)NC(N)=NCC(O)C1CC1. The van der Waals surface area contributed by atoms with Gasteiger partial charge in [-0.2, -0.15) is 0 Å². The number of hydrogen-bond acceptors (Lipinski definition) is 2. The van der Waals surface area contributed by atoms with Crippen molar-refractivity contribution >= 4 is 5.96 Å². The molecule has 0 heterocycles. The first kappa shape index (κ1) is 10.3. The molecule has 0 amide bonds. The van der Waals surface area contributed by atoms with Crippen molar-refractivity contribution in [3.05, 3.63) is 0 Å². The molecule has 1 rings (SSSR count). The van der Waals surface area contributed by atoms with Gasteiger partial charge in [-0.1, -0.05) is 0 Å². The number of rotatable bonds is 4. The largest absolute Gasteiger partial charge is 0.391 e. The van der Waals surface area contributed by atoms with Crippen LogP contribution < -0.4 is 11.1 Å². The lowest BCUT2D eigenvalue weighted by atomic mass is 10.2. The molecule has 1 aliphatic rings. The van der Waals surface area contributed by atoms with E-state index in [4.69, 9.17) is 5.73 Å². The second-order valence-corrected chi connectivity index (χ2v) is 3.93. The quantitative estimate of drug-likeness (QED) is 0.429. The molecule has 0 radical (unpaired) electrons. The summed E-state index contributed by atoms with van der Waals surface area (Å²) in [6, 6.07) is 0.293. The van der Waals surface area contributed by atoms with Crippen LogP contribution in [0.25, 0.3) is 0 Å². The van der Waals surface area contributed by atoms with Crippen LogP contribution in [0.4, 0.5) is 0 Å². The van der Waals surface area contributed by atoms with Crippen molar-refractivity contribution in [1.82, 2.24) is 5.32 Å². The van der Waals surface area contributed by atoms with Crippen molar-refractivity contribution in [2.45, 2.75) is 38.8 Å². The number of nitrogens with two attached hydrogens (primary N) is 1. The summed E-state index contributed by atoms with van der Waals surface area (Å²) in [5.74, 6) is 0.894. The molecule has 0 bridgehead atoms. The minimum Gasteiger partial charge on any atom is -0.391 e. The molecule has 1 atom stereocenters. The predicted molar refractivity (Wildman–Crippen MR) is 53.5 cm³/mol. The highest BCUT2D eigenvalue weighted by Gasteiger charge is 2.29. The molecule has 0 aromatic carbocycles. The third-order valence-corrected chi connectivity index (χ3v) is 2.05. The van der Waals surface area contributed by atoms with E-state index in [1.54, 1.807) is 0 Å². The summed E-state index contributed by atoms with van der Waals surface area (Å²) in [7, 11) is 0. The lowest BCUT2D eigenvalue weighted by Crippen LogP contribution is -2.37. The van der Waals surface area contributed by atoms with Crippen LogP contribution >= 0.6 is 0 Å². The average Bonchev–Trinajstić information content (AvgIpc) is 2.80. The normalized spacial score (nSPS) is 20.5. The van der Waals surface area contributed by atoms with E-state index in [0.29, 0.717) is 24.5 Å². The van der Waals surface area contributed by atoms with Gasteiger partial charge in [-0.3, -0.25) is 4.99 Å². The molecule has 1 unspecified atom stereocenters. The fourth-order valence-electron chi connectivity index (χ4n) is 1.16. The lowest BCUT2D eigenvalue weighted by Gasteiger charge is -2.10. The number of nitrogens with zero attached hydrogens (tertiary/aromatic N) is 1. The number of aliphatic hydroxyl groups is 1. The van der Waals surface area contributed by atoms with Crippen LogP contribution in [0.1, 0.15) is 26.7 Å². The first-order valence-electron chi connectivity index (χ1n) is 4.84. The van der Waals surface area contributed by atoms with Crippen molar-refractivity contribution < 1.29 is 5.11 Å². The summed E-state index contributed by atoms with van der Waals surface area (Å²) in [5.41, 5.74) is 5.57. The number of aliphatic imine (C=N–C) groups is 1. The van der Waals surface area contributed by atoms with Gasteiger partial charge < -0.3 is 16.2 Å². The molecule has 1 fully saturated rings. The third kappa shape index (κ3) is 4.12. The predicted octanol–water partition coefficient (Wildman–Crippen LogP) is 0.0700. The molecular weight excluding hydrogens is 166 g/mol.